The SMILES string of the molecule is CCO[C@H](CC(=O)NO)C(Cc1ccc(Cl)cc1)c1ccc(CN2CCOCC2)cc1. The van der Waals surface area contributed by atoms with Crippen LogP contribution in [0.1, 0.15) is 36.0 Å². The highest BCUT2D eigenvalue weighted by Gasteiger charge is 2.27. The zero-order chi connectivity index (χ0) is 22.1. The Balaban J connectivity index is 1.81. The van der Waals surface area contributed by atoms with Crippen LogP contribution in [0.5, 0.6) is 0 Å². The van der Waals surface area contributed by atoms with Gasteiger partial charge in [-0.2, -0.15) is 0 Å². The third kappa shape index (κ3) is 7.30. The minimum Gasteiger partial charge on any atom is -0.379 e. The molecule has 1 saturated heterocycles. The number of hydrogen-bond donors (Lipinski definition) is 2. The van der Waals surface area contributed by atoms with E-state index >= 15 is 0 Å². The molecular formula is C24H31ClN2O4. The van der Waals surface area contributed by atoms with Crippen molar-refractivity contribution >= 4 is 17.5 Å². The molecule has 31 heavy (non-hydrogen) atoms. The Morgan fingerprint density at radius 3 is 2.39 bits per heavy atom. The lowest BCUT2D eigenvalue weighted by Gasteiger charge is -2.28. The Morgan fingerprint density at radius 2 is 1.77 bits per heavy atom. The summed E-state index contributed by atoms with van der Waals surface area (Å²) in [5.41, 5.74) is 5.19. The lowest BCUT2D eigenvalue weighted by Crippen LogP contribution is -2.35. The molecule has 0 spiro atoms. The summed E-state index contributed by atoms with van der Waals surface area (Å²) < 4.78 is 11.4. The maximum Gasteiger partial charge on any atom is 0.245 e. The Hall–Kier alpha value is -1.96. The molecule has 6 nitrogen and oxygen atoms in total. The van der Waals surface area contributed by atoms with E-state index in [9.17, 15) is 4.79 Å². The van der Waals surface area contributed by atoms with Crippen LogP contribution in [-0.4, -0.2) is 55.0 Å². The summed E-state index contributed by atoms with van der Waals surface area (Å²) in [5, 5.41) is 9.72. The number of hydrogen-bond acceptors (Lipinski definition) is 5. The number of nitrogens with zero attached hydrogens (tertiary/aromatic N) is 1. The third-order valence-corrected chi connectivity index (χ3v) is 5.88. The van der Waals surface area contributed by atoms with E-state index in [0.29, 0.717) is 18.1 Å². The Kier molecular flexibility index (Phi) is 9.31. The van der Waals surface area contributed by atoms with Crippen molar-refractivity contribution in [1.82, 2.24) is 10.4 Å². The lowest BCUT2D eigenvalue weighted by atomic mass is 9.85. The number of carbonyl (C=O) groups excluding carboxylic acids is 1. The second-order valence-electron chi connectivity index (χ2n) is 7.80. The molecule has 2 N–H and O–H groups in total. The maximum absolute atomic E-state index is 11.9. The molecule has 1 heterocycles. The number of benzene rings is 2. The van der Waals surface area contributed by atoms with Crippen molar-refractivity contribution < 1.29 is 19.5 Å². The van der Waals surface area contributed by atoms with Crippen molar-refractivity contribution in [2.45, 2.75) is 38.3 Å². The van der Waals surface area contributed by atoms with Crippen LogP contribution in [0.4, 0.5) is 0 Å². The average molecular weight is 447 g/mol. The zero-order valence-electron chi connectivity index (χ0n) is 17.9. The molecule has 2 aromatic rings. The quantitative estimate of drug-likeness (QED) is 0.429. The summed E-state index contributed by atoms with van der Waals surface area (Å²) >= 11 is 6.05. The van der Waals surface area contributed by atoms with Crippen LogP contribution in [0, 0.1) is 0 Å². The molecular weight excluding hydrogens is 416 g/mol. The first-order chi connectivity index (χ1) is 15.1. The van der Waals surface area contributed by atoms with Crippen molar-refractivity contribution in [2.75, 3.05) is 32.9 Å². The van der Waals surface area contributed by atoms with Gasteiger partial charge in [0.2, 0.25) is 5.91 Å². The predicted molar refractivity (Wildman–Crippen MR) is 120 cm³/mol. The first-order valence-electron chi connectivity index (χ1n) is 10.8. The number of hydroxylamine groups is 1. The van der Waals surface area contributed by atoms with Crippen molar-refractivity contribution in [3.63, 3.8) is 0 Å². The molecule has 0 radical (unpaired) electrons. The van der Waals surface area contributed by atoms with E-state index in [-0.39, 0.29) is 18.4 Å². The van der Waals surface area contributed by atoms with Gasteiger partial charge in [0.1, 0.15) is 0 Å². The molecule has 1 aliphatic rings. The highest BCUT2D eigenvalue weighted by Crippen LogP contribution is 2.29. The fourth-order valence-electron chi connectivity index (χ4n) is 3.99. The van der Waals surface area contributed by atoms with Gasteiger partial charge in [-0.05, 0) is 42.2 Å². The van der Waals surface area contributed by atoms with Crippen molar-refractivity contribution in [2.24, 2.45) is 0 Å². The van der Waals surface area contributed by atoms with Gasteiger partial charge in [0.05, 0.1) is 25.7 Å². The van der Waals surface area contributed by atoms with E-state index in [1.807, 2.05) is 31.2 Å². The van der Waals surface area contributed by atoms with Gasteiger partial charge < -0.3 is 9.47 Å². The first kappa shape index (κ1) is 23.7. The Morgan fingerprint density at radius 1 is 1.13 bits per heavy atom. The zero-order valence-corrected chi connectivity index (χ0v) is 18.7. The standard InChI is InChI=1S/C24H31ClN2O4/c1-2-31-23(16-24(28)26-29)22(15-18-5-9-21(25)10-6-18)20-7-3-19(4-8-20)17-27-11-13-30-14-12-27/h3-10,22-23,29H,2,11-17H2,1H3,(H,26,28)/t22?,23-/m1/s1. The molecule has 0 aliphatic carbocycles. The number of amides is 1. The van der Waals surface area contributed by atoms with Gasteiger partial charge in [0.25, 0.3) is 0 Å². The van der Waals surface area contributed by atoms with Crippen LogP contribution in [0.15, 0.2) is 48.5 Å². The van der Waals surface area contributed by atoms with Gasteiger partial charge in [-0.25, -0.2) is 5.48 Å². The second kappa shape index (κ2) is 12.2. The minimum atomic E-state index is -0.455. The summed E-state index contributed by atoms with van der Waals surface area (Å²) in [6.45, 7) is 6.75. The van der Waals surface area contributed by atoms with Crippen molar-refractivity contribution in [3.05, 3.63) is 70.2 Å². The summed E-state index contributed by atoms with van der Waals surface area (Å²) in [4.78, 5) is 14.3. The smallest absolute Gasteiger partial charge is 0.245 e. The monoisotopic (exact) mass is 446 g/mol. The van der Waals surface area contributed by atoms with E-state index in [4.69, 9.17) is 26.3 Å². The molecule has 2 aromatic carbocycles. The normalized spacial score (nSPS) is 16.6. The predicted octanol–water partition coefficient (Wildman–Crippen LogP) is 3.80. The molecule has 1 amide bonds. The molecule has 0 bridgehead atoms. The second-order valence-corrected chi connectivity index (χ2v) is 8.24. The molecule has 0 saturated carbocycles. The largest absolute Gasteiger partial charge is 0.379 e. The van der Waals surface area contributed by atoms with E-state index < -0.39 is 5.91 Å². The van der Waals surface area contributed by atoms with Crippen LogP contribution in [0.25, 0.3) is 0 Å². The molecule has 1 aliphatic heterocycles. The van der Waals surface area contributed by atoms with Gasteiger partial charge in [-0.1, -0.05) is 48.0 Å². The number of halogens is 1. The third-order valence-electron chi connectivity index (χ3n) is 5.63. The molecule has 2 atom stereocenters. The Labute approximate surface area is 189 Å². The summed E-state index contributed by atoms with van der Waals surface area (Å²) in [7, 11) is 0. The number of nitrogens with one attached hydrogen (secondary N) is 1. The van der Waals surface area contributed by atoms with Gasteiger partial charge in [0.15, 0.2) is 0 Å². The van der Waals surface area contributed by atoms with Gasteiger partial charge in [-0.15, -0.1) is 0 Å². The molecule has 1 unspecified atom stereocenters. The number of rotatable bonds is 10. The van der Waals surface area contributed by atoms with E-state index in [1.165, 1.54) is 5.56 Å². The summed E-state index contributed by atoms with van der Waals surface area (Å²) in [5.74, 6) is -0.501. The topological polar surface area (TPSA) is 71.0 Å². The molecule has 7 heteroatoms. The fourth-order valence-corrected chi connectivity index (χ4v) is 4.11. The minimum absolute atomic E-state index is 0.0455. The molecule has 0 aromatic heterocycles. The van der Waals surface area contributed by atoms with Gasteiger partial charge in [0, 0.05) is 37.2 Å². The lowest BCUT2D eigenvalue weighted by molar-refractivity contribution is -0.132. The number of carbonyl (C=O) groups is 1. The van der Waals surface area contributed by atoms with Gasteiger partial charge in [-0.3, -0.25) is 14.9 Å². The highest BCUT2D eigenvalue weighted by atomic mass is 35.5. The first-order valence-corrected chi connectivity index (χ1v) is 11.1. The number of ether oxygens (including phenoxy) is 2. The van der Waals surface area contributed by atoms with E-state index in [0.717, 1.165) is 44.0 Å². The van der Waals surface area contributed by atoms with Crippen LogP contribution < -0.4 is 5.48 Å². The van der Waals surface area contributed by atoms with Crippen molar-refractivity contribution in [3.8, 4) is 0 Å². The van der Waals surface area contributed by atoms with Crippen molar-refractivity contribution in [1.29, 1.82) is 0 Å². The molecule has 3 rings (SSSR count). The van der Waals surface area contributed by atoms with Crippen LogP contribution in [0.2, 0.25) is 5.02 Å². The molecule has 168 valence electrons. The maximum atomic E-state index is 11.9. The highest BCUT2D eigenvalue weighted by molar-refractivity contribution is 6.30. The summed E-state index contributed by atoms with van der Waals surface area (Å²) in [6.07, 6.45) is 0.416. The van der Waals surface area contributed by atoms with Crippen LogP contribution >= 0.6 is 11.6 Å². The Bertz CT molecular complexity index is 807. The van der Waals surface area contributed by atoms with Crippen LogP contribution in [-0.2, 0) is 27.2 Å². The van der Waals surface area contributed by atoms with E-state index in [1.54, 1.807) is 5.48 Å². The summed E-state index contributed by atoms with van der Waals surface area (Å²) in [6, 6.07) is 16.3. The number of morpholine rings is 1. The van der Waals surface area contributed by atoms with Gasteiger partial charge >= 0.3 is 0 Å². The van der Waals surface area contributed by atoms with E-state index in [2.05, 4.69) is 29.2 Å². The average Bonchev–Trinajstić information content (AvgIpc) is 2.80. The fraction of sp³-hybridized carbons (Fsp3) is 0.458. The van der Waals surface area contributed by atoms with Crippen LogP contribution in [0.3, 0.4) is 0 Å². The molecule has 1 fully saturated rings.